The fourth-order valence-electron chi connectivity index (χ4n) is 3.19. The van der Waals surface area contributed by atoms with Crippen LogP contribution in [0.2, 0.25) is 0 Å². The van der Waals surface area contributed by atoms with E-state index in [0.29, 0.717) is 18.0 Å². The van der Waals surface area contributed by atoms with Gasteiger partial charge in [0.25, 0.3) is 0 Å². The van der Waals surface area contributed by atoms with Gasteiger partial charge in [-0.25, -0.2) is 4.98 Å². The predicted molar refractivity (Wildman–Crippen MR) is 84.7 cm³/mol. The maximum absolute atomic E-state index is 5.89. The fourth-order valence-corrected chi connectivity index (χ4v) is 3.19. The van der Waals surface area contributed by atoms with Crippen LogP contribution in [-0.2, 0) is 6.54 Å². The van der Waals surface area contributed by atoms with Crippen molar-refractivity contribution in [3.8, 4) is 0 Å². The van der Waals surface area contributed by atoms with Crippen LogP contribution in [0.25, 0.3) is 10.9 Å². The standard InChI is InChI=1S/C17H23N3/c1-17(2)8-7-14(10-17)19-16-13(11-18)9-12-5-3-4-6-15(12)20-16/h3-6,9,14H,7-8,10-11,18H2,1-2H3,(H,19,20). The summed E-state index contributed by atoms with van der Waals surface area (Å²) in [5.74, 6) is 0.967. The molecule has 1 aromatic heterocycles. The van der Waals surface area contributed by atoms with Crippen LogP contribution >= 0.6 is 0 Å². The number of aromatic nitrogens is 1. The smallest absolute Gasteiger partial charge is 0.131 e. The Balaban J connectivity index is 1.90. The number of hydrogen-bond donors (Lipinski definition) is 2. The number of benzene rings is 1. The largest absolute Gasteiger partial charge is 0.367 e. The summed E-state index contributed by atoms with van der Waals surface area (Å²) in [6.45, 7) is 5.20. The molecule has 1 aliphatic rings. The number of rotatable bonds is 3. The molecular formula is C17H23N3. The van der Waals surface area contributed by atoms with Crippen LogP contribution < -0.4 is 11.1 Å². The predicted octanol–water partition coefficient (Wildman–Crippen LogP) is 3.68. The van der Waals surface area contributed by atoms with E-state index in [1.807, 2.05) is 12.1 Å². The van der Waals surface area contributed by atoms with E-state index in [1.165, 1.54) is 19.3 Å². The van der Waals surface area contributed by atoms with E-state index >= 15 is 0 Å². The lowest BCUT2D eigenvalue weighted by molar-refractivity contribution is 0.378. The van der Waals surface area contributed by atoms with Crippen LogP contribution in [-0.4, -0.2) is 11.0 Å². The lowest BCUT2D eigenvalue weighted by Gasteiger charge is -2.19. The van der Waals surface area contributed by atoms with Gasteiger partial charge < -0.3 is 11.1 Å². The van der Waals surface area contributed by atoms with Gasteiger partial charge in [-0.3, -0.25) is 0 Å². The number of fused-ring (bicyclic) bond motifs is 1. The van der Waals surface area contributed by atoms with Gasteiger partial charge in [0.15, 0.2) is 0 Å². The van der Waals surface area contributed by atoms with Gasteiger partial charge in [0.05, 0.1) is 5.52 Å². The van der Waals surface area contributed by atoms with Gasteiger partial charge in [0.2, 0.25) is 0 Å². The van der Waals surface area contributed by atoms with E-state index in [2.05, 4.69) is 37.4 Å². The molecule has 3 heteroatoms. The molecule has 0 aliphatic heterocycles. The topological polar surface area (TPSA) is 50.9 Å². The summed E-state index contributed by atoms with van der Waals surface area (Å²) < 4.78 is 0. The highest BCUT2D eigenvalue weighted by Gasteiger charge is 2.31. The zero-order chi connectivity index (χ0) is 14.2. The minimum absolute atomic E-state index is 0.442. The van der Waals surface area contributed by atoms with Crippen molar-refractivity contribution in [2.75, 3.05) is 5.32 Å². The summed E-state index contributed by atoms with van der Waals surface area (Å²) in [5.41, 5.74) is 8.47. The van der Waals surface area contributed by atoms with Crippen LogP contribution in [0.1, 0.15) is 38.7 Å². The third-order valence-electron chi connectivity index (χ3n) is 4.33. The number of pyridine rings is 1. The third-order valence-corrected chi connectivity index (χ3v) is 4.33. The van der Waals surface area contributed by atoms with Gasteiger partial charge in [-0.2, -0.15) is 0 Å². The molecule has 20 heavy (non-hydrogen) atoms. The minimum atomic E-state index is 0.442. The van der Waals surface area contributed by atoms with Gasteiger partial charge >= 0.3 is 0 Å². The van der Waals surface area contributed by atoms with E-state index in [0.717, 1.165) is 22.3 Å². The lowest BCUT2D eigenvalue weighted by atomic mass is 9.92. The first-order valence-corrected chi connectivity index (χ1v) is 7.43. The first kappa shape index (κ1) is 13.4. The van der Waals surface area contributed by atoms with Crippen molar-refractivity contribution in [1.82, 2.24) is 4.98 Å². The summed E-state index contributed by atoms with van der Waals surface area (Å²) in [5, 5.41) is 4.77. The Hall–Kier alpha value is -1.61. The van der Waals surface area contributed by atoms with E-state index in [4.69, 9.17) is 10.7 Å². The molecule has 106 valence electrons. The van der Waals surface area contributed by atoms with Crippen LogP contribution in [0.5, 0.6) is 0 Å². The van der Waals surface area contributed by atoms with Crippen molar-refractivity contribution in [2.24, 2.45) is 11.1 Å². The molecule has 3 rings (SSSR count). The second kappa shape index (κ2) is 5.06. The van der Waals surface area contributed by atoms with Crippen molar-refractivity contribution in [3.05, 3.63) is 35.9 Å². The zero-order valence-corrected chi connectivity index (χ0v) is 12.3. The lowest BCUT2D eigenvalue weighted by Crippen LogP contribution is -2.20. The number of anilines is 1. The average molecular weight is 269 g/mol. The summed E-state index contributed by atoms with van der Waals surface area (Å²) in [4.78, 5) is 4.77. The molecule has 1 atom stereocenters. The quantitative estimate of drug-likeness (QED) is 0.893. The Labute approximate surface area is 120 Å². The van der Waals surface area contributed by atoms with Gasteiger partial charge in [-0.1, -0.05) is 32.0 Å². The Bertz CT molecular complexity index is 619. The van der Waals surface area contributed by atoms with E-state index < -0.39 is 0 Å². The van der Waals surface area contributed by atoms with E-state index in [1.54, 1.807) is 0 Å². The molecule has 1 aliphatic carbocycles. The van der Waals surface area contributed by atoms with Crippen molar-refractivity contribution in [1.29, 1.82) is 0 Å². The Kier molecular flexibility index (Phi) is 3.38. The van der Waals surface area contributed by atoms with Crippen LogP contribution in [0, 0.1) is 5.41 Å². The fraction of sp³-hybridized carbons (Fsp3) is 0.471. The number of nitrogens with one attached hydrogen (secondary N) is 1. The first-order valence-electron chi connectivity index (χ1n) is 7.43. The Morgan fingerprint density at radius 3 is 2.85 bits per heavy atom. The van der Waals surface area contributed by atoms with E-state index in [-0.39, 0.29) is 0 Å². The number of para-hydroxylation sites is 1. The highest BCUT2D eigenvalue weighted by atomic mass is 15.0. The molecule has 1 aromatic carbocycles. The van der Waals surface area contributed by atoms with Gasteiger partial charge in [0, 0.05) is 23.5 Å². The molecule has 0 radical (unpaired) electrons. The molecule has 0 spiro atoms. The molecule has 1 unspecified atom stereocenters. The summed E-state index contributed by atoms with van der Waals surface area (Å²) in [6.07, 6.45) is 3.69. The molecule has 1 saturated carbocycles. The number of hydrogen-bond acceptors (Lipinski definition) is 3. The third kappa shape index (κ3) is 2.63. The van der Waals surface area contributed by atoms with Crippen molar-refractivity contribution in [2.45, 2.75) is 45.7 Å². The van der Waals surface area contributed by atoms with Crippen molar-refractivity contribution in [3.63, 3.8) is 0 Å². The minimum Gasteiger partial charge on any atom is -0.367 e. The highest BCUT2D eigenvalue weighted by molar-refractivity contribution is 5.81. The van der Waals surface area contributed by atoms with Crippen LogP contribution in [0.4, 0.5) is 5.82 Å². The van der Waals surface area contributed by atoms with Crippen molar-refractivity contribution < 1.29 is 0 Å². The first-order chi connectivity index (χ1) is 9.57. The molecule has 3 N–H and O–H groups in total. The van der Waals surface area contributed by atoms with Crippen molar-refractivity contribution >= 4 is 16.7 Å². The van der Waals surface area contributed by atoms with Gasteiger partial charge in [-0.15, -0.1) is 0 Å². The van der Waals surface area contributed by atoms with E-state index in [9.17, 15) is 0 Å². The molecule has 0 amide bonds. The zero-order valence-electron chi connectivity index (χ0n) is 12.3. The van der Waals surface area contributed by atoms with Gasteiger partial charge in [0.1, 0.15) is 5.82 Å². The number of nitrogens with zero attached hydrogens (tertiary/aromatic N) is 1. The molecule has 0 bridgehead atoms. The molecule has 1 fully saturated rings. The maximum atomic E-state index is 5.89. The summed E-state index contributed by atoms with van der Waals surface area (Å²) >= 11 is 0. The van der Waals surface area contributed by atoms with Gasteiger partial charge in [-0.05, 0) is 36.8 Å². The second-order valence-electron chi connectivity index (χ2n) is 6.64. The molecule has 1 heterocycles. The summed E-state index contributed by atoms with van der Waals surface area (Å²) in [7, 11) is 0. The maximum Gasteiger partial charge on any atom is 0.131 e. The SMILES string of the molecule is CC1(C)CCC(Nc2nc3ccccc3cc2CN)C1. The normalized spacial score (nSPS) is 21.2. The molecular weight excluding hydrogens is 246 g/mol. The number of nitrogens with two attached hydrogens (primary N) is 1. The molecule has 3 nitrogen and oxygen atoms in total. The average Bonchev–Trinajstić information content (AvgIpc) is 2.77. The molecule has 0 saturated heterocycles. The Morgan fingerprint density at radius 2 is 2.15 bits per heavy atom. The monoisotopic (exact) mass is 269 g/mol. The second-order valence-corrected chi connectivity index (χ2v) is 6.64. The highest BCUT2D eigenvalue weighted by Crippen LogP contribution is 2.38. The van der Waals surface area contributed by atoms with Crippen LogP contribution in [0.3, 0.4) is 0 Å². The Morgan fingerprint density at radius 1 is 1.35 bits per heavy atom. The molecule has 2 aromatic rings. The summed E-state index contributed by atoms with van der Waals surface area (Å²) in [6, 6.07) is 10.9. The van der Waals surface area contributed by atoms with Crippen LogP contribution in [0.15, 0.2) is 30.3 Å².